The van der Waals surface area contributed by atoms with Crippen molar-refractivity contribution in [2.24, 2.45) is 0 Å². The summed E-state index contributed by atoms with van der Waals surface area (Å²) in [7, 11) is 3.96. The summed E-state index contributed by atoms with van der Waals surface area (Å²) < 4.78 is 13.9. The zero-order valence-electron chi connectivity index (χ0n) is 13.6. The highest BCUT2D eigenvalue weighted by atomic mass is 32.2. The van der Waals surface area contributed by atoms with Gasteiger partial charge in [0.2, 0.25) is 0 Å². The highest BCUT2D eigenvalue weighted by molar-refractivity contribution is 8.00. The van der Waals surface area contributed by atoms with Crippen molar-refractivity contribution in [1.82, 2.24) is 10.6 Å². The Morgan fingerprint density at radius 3 is 2.26 bits per heavy atom. The van der Waals surface area contributed by atoms with E-state index in [9.17, 15) is 14.4 Å². The van der Waals surface area contributed by atoms with Crippen LogP contribution in [0, 0.1) is 0 Å². The van der Waals surface area contributed by atoms with Crippen molar-refractivity contribution < 1.29 is 28.6 Å². The number of carbonyl (C=O) groups is 3. The van der Waals surface area contributed by atoms with Gasteiger partial charge in [-0.05, 0) is 12.8 Å². The molecule has 0 aromatic carbocycles. The van der Waals surface area contributed by atoms with Crippen LogP contribution in [-0.4, -0.2) is 62.6 Å². The fourth-order valence-electron chi connectivity index (χ4n) is 2.40. The Bertz CT molecular complexity index is 420. The Morgan fingerprint density at radius 2 is 1.65 bits per heavy atom. The lowest BCUT2D eigenvalue weighted by molar-refractivity contribution is -0.140. The molecule has 2 N–H and O–H groups in total. The van der Waals surface area contributed by atoms with Crippen LogP contribution in [0.25, 0.3) is 0 Å². The summed E-state index contributed by atoms with van der Waals surface area (Å²) in [5, 5.41) is 5.64. The van der Waals surface area contributed by atoms with Gasteiger partial charge in [0.15, 0.2) is 0 Å². The normalized spacial score (nSPS) is 23.0. The first-order valence-corrected chi connectivity index (χ1v) is 8.44. The third kappa shape index (κ3) is 6.55. The largest absolute Gasteiger partial charge is 0.469 e. The van der Waals surface area contributed by atoms with E-state index in [0.29, 0.717) is 12.2 Å². The summed E-state index contributed by atoms with van der Waals surface area (Å²) in [5.41, 5.74) is 0. The molecule has 0 spiro atoms. The lowest BCUT2D eigenvalue weighted by atomic mass is 10.0. The van der Waals surface area contributed by atoms with E-state index in [0.717, 1.165) is 19.3 Å². The van der Waals surface area contributed by atoms with Crippen LogP contribution < -0.4 is 10.6 Å². The van der Waals surface area contributed by atoms with Gasteiger partial charge >= 0.3 is 18.2 Å². The van der Waals surface area contributed by atoms with Crippen molar-refractivity contribution in [1.29, 1.82) is 0 Å². The summed E-state index contributed by atoms with van der Waals surface area (Å²) >= 11 is 1.67. The number of esters is 1. The number of hydrogen-bond donors (Lipinski definition) is 2. The average molecular weight is 348 g/mol. The molecule has 1 aliphatic rings. The summed E-state index contributed by atoms with van der Waals surface area (Å²) in [4.78, 5) is 34.0. The Morgan fingerprint density at radius 1 is 1.00 bits per heavy atom. The monoisotopic (exact) mass is 348 g/mol. The maximum absolute atomic E-state index is 11.5. The van der Waals surface area contributed by atoms with Crippen molar-refractivity contribution in [3.05, 3.63) is 0 Å². The molecule has 1 rings (SSSR count). The van der Waals surface area contributed by atoms with Crippen LogP contribution in [0.15, 0.2) is 0 Å². The van der Waals surface area contributed by atoms with Gasteiger partial charge in [0.05, 0.1) is 33.4 Å². The van der Waals surface area contributed by atoms with E-state index in [2.05, 4.69) is 24.8 Å². The Labute approximate surface area is 140 Å². The molecule has 0 unspecified atom stereocenters. The van der Waals surface area contributed by atoms with Crippen LogP contribution >= 0.6 is 11.8 Å². The van der Waals surface area contributed by atoms with Crippen LogP contribution in [0.4, 0.5) is 9.59 Å². The molecule has 2 amide bonds. The van der Waals surface area contributed by atoms with E-state index in [1.165, 1.54) is 21.3 Å². The number of thioether (sulfide) groups is 1. The van der Waals surface area contributed by atoms with E-state index in [1.54, 1.807) is 11.8 Å². The average Bonchev–Trinajstić information content (AvgIpc) is 2.92. The maximum Gasteiger partial charge on any atom is 0.407 e. The third-order valence-corrected chi connectivity index (χ3v) is 5.14. The summed E-state index contributed by atoms with van der Waals surface area (Å²) in [6.45, 7) is 0. The van der Waals surface area contributed by atoms with Crippen molar-refractivity contribution in [2.75, 3.05) is 27.1 Å². The number of ether oxygens (including phenoxy) is 3. The van der Waals surface area contributed by atoms with Crippen LogP contribution in [0.3, 0.4) is 0 Å². The van der Waals surface area contributed by atoms with Crippen LogP contribution in [0.1, 0.15) is 25.7 Å². The van der Waals surface area contributed by atoms with E-state index < -0.39 is 12.2 Å². The second kappa shape index (κ2) is 10.2. The van der Waals surface area contributed by atoms with Crippen molar-refractivity contribution in [3.63, 3.8) is 0 Å². The molecule has 9 heteroatoms. The molecule has 3 atom stereocenters. The van der Waals surface area contributed by atoms with E-state index in [-0.39, 0.29) is 23.3 Å². The van der Waals surface area contributed by atoms with Crippen molar-refractivity contribution in [3.8, 4) is 0 Å². The lowest BCUT2D eigenvalue weighted by Crippen LogP contribution is -2.53. The molecule has 0 aliphatic carbocycles. The summed E-state index contributed by atoms with van der Waals surface area (Å²) in [6, 6.07) is -0.471. The SMILES string of the molecule is COC(=O)CCCC[C@H]1SC[C@@H](NC(=O)OC)[C@@H]1NC(=O)OC. The number of unbranched alkanes of at least 4 members (excludes halogenated alkanes) is 1. The molecular formula is C14H24N2O6S. The number of alkyl carbamates (subject to hydrolysis) is 2. The molecule has 1 aliphatic heterocycles. The van der Waals surface area contributed by atoms with Crippen LogP contribution in [0.5, 0.6) is 0 Å². The number of carbonyl (C=O) groups excluding carboxylic acids is 3. The Balaban J connectivity index is 2.53. The van der Waals surface area contributed by atoms with Gasteiger partial charge in [-0.2, -0.15) is 11.8 Å². The van der Waals surface area contributed by atoms with Crippen molar-refractivity contribution in [2.45, 2.75) is 43.0 Å². The second-order valence-corrected chi connectivity index (χ2v) is 6.37. The number of methoxy groups -OCH3 is 3. The number of nitrogens with one attached hydrogen (secondary N) is 2. The van der Waals surface area contributed by atoms with Gasteiger partial charge in [0.25, 0.3) is 0 Å². The fourth-order valence-corrected chi connectivity index (χ4v) is 3.95. The predicted molar refractivity (Wildman–Crippen MR) is 85.4 cm³/mol. The number of hydrogen-bond acceptors (Lipinski definition) is 7. The van der Waals surface area contributed by atoms with Gasteiger partial charge in [-0.15, -0.1) is 0 Å². The minimum Gasteiger partial charge on any atom is -0.469 e. The lowest BCUT2D eigenvalue weighted by Gasteiger charge is -2.24. The first-order chi connectivity index (χ1) is 11.0. The van der Waals surface area contributed by atoms with Crippen LogP contribution in [0.2, 0.25) is 0 Å². The molecule has 8 nitrogen and oxygen atoms in total. The highest BCUT2D eigenvalue weighted by Gasteiger charge is 2.38. The molecule has 0 saturated carbocycles. The van der Waals surface area contributed by atoms with Gasteiger partial charge in [0.1, 0.15) is 0 Å². The second-order valence-electron chi connectivity index (χ2n) is 5.10. The number of rotatable bonds is 7. The van der Waals surface area contributed by atoms with Crippen molar-refractivity contribution >= 4 is 29.9 Å². The van der Waals surface area contributed by atoms with Gasteiger partial charge in [-0.1, -0.05) is 6.42 Å². The zero-order valence-corrected chi connectivity index (χ0v) is 14.4. The number of amides is 2. The highest BCUT2D eigenvalue weighted by Crippen LogP contribution is 2.31. The van der Waals surface area contributed by atoms with E-state index >= 15 is 0 Å². The fraction of sp³-hybridized carbons (Fsp3) is 0.786. The molecule has 1 saturated heterocycles. The van der Waals surface area contributed by atoms with Gasteiger partial charge in [-0.3, -0.25) is 4.79 Å². The molecule has 0 bridgehead atoms. The molecule has 23 heavy (non-hydrogen) atoms. The minimum absolute atomic E-state index is 0.133. The van der Waals surface area contributed by atoms with Gasteiger partial charge in [0, 0.05) is 17.4 Å². The predicted octanol–water partition coefficient (Wildman–Crippen LogP) is 1.28. The molecule has 132 valence electrons. The Kier molecular flexibility index (Phi) is 8.60. The smallest absolute Gasteiger partial charge is 0.407 e. The van der Waals surface area contributed by atoms with Gasteiger partial charge < -0.3 is 24.8 Å². The first kappa shape index (κ1) is 19.4. The Hall–Kier alpha value is -1.64. The quantitative estimate of drug-likeness (QED) is 0.406. The molecular weight excluding hydrogens is 324 g/mol. The minimum atomic E-state index is -0.534. The molecule has 0 aromatic heterocycles. The molecule has 0 aromatic rings. The molecule has 0 radical (unpaired) electrons. The van der Waals surface area contributed by atoms with Gasteiger partial charge in [-0.25, -0.2) is 9.59 Å². The first-order valence-electron chi connectivity index (χ1n) is 7.39. The molecule has 1 heterocycles. The van der Waals surface area contributed by atoms with E-state index in [4.69, 9.17) is 0 Å². The third-order valence-electron chi connectivity index (χ3n) is 3.63. The van der Waals surface area contributed by atoms with E-state index in [1.807, 2.05) is 0 Å². The maximum atomic E-state index is 11.5. The zero-order chi connectivity index (χ0) is 17.2. The molecule has 1 fully saturated rings. The standard InChI is InChI=1S/C14H24N2O6S/c1-20-11(17)7-5-4-6-10-12(16-14(19)22-3)9(8-23-10)15-13(18)21-2/h9-10,12H,4-8H2,1-3H3,(H,15,18)(H,16,19)/t9-,10-,12+/m1/s1. The topological polar surface area (TPSA) is 103 Å². The summed E-state index contributed by atoms with van der Waals surface area (Å²) in [5.74, 6) is 0.448. The van der Waals surface area contributed by atoms with Crippen LogP contribution in [-0.2, 0) is 19.0 Å². The summed E-state index contributed by atoms with van der Waals surface area (Å²) in [6.07, 6.45) is 1.69.